The van der Waals surface area contributed by atoms with Gasteiger partial charge in [-0.05, 0) is 24.6 Å². The van der Waals surface area contributed by atoms with Crippen molar-refractivity contribution in [2.24, 2.45) is 0 Å². The van der Waals surface area contributed by atoms with E-state index in [1.54, 1.807) is 7.11 Å². The third-order valence-electron chi connectivity index (χ3n) is 4.68. The molecule has 0 saturated carbocycles. The Morgan fingerprint density at radius 1 is 1.26 bits per heavy atom. The molecule has 0 bridgehead atoms. The Morgan fingerprint density at radius 3 is 2.70 bits per heavy atom. The lowest BCUT2D eigenvalue weighted by atomic mass is 9.95. The normalized spacial score (nSPS) is 20.7. The molecular weight excluding hydrogens is 362 g/mol. The minimum atomic E-state index is -0.139. The zero-order valence-electron chi connectivity index (χ0n) is 16.7. The lowest BCUT2D eigenvalue weighted by Gasteiger charge is -2.39. The molecule has 6 heteroatoms. The average Bonchev–Trinajstić information content (AvgIpc) is 2.61. The highest BCUT2D eigenvalue weighted by Crippen LogP contribution is 2.31. The first-order valence-electron chi connectivity index (χ1n) is 9.29. The summed E-state index contributed by atoms with van der Waals surface area (Å²) in [6.07, 6.45) is -0.0428. The number of aromatic nitrogens is 2. The number of hydrogen-bond acceptors (Lipinski definition) is 5. The predicted molar refractivity (Wildman–Crippen MR) is 108 cm³/mol. The highest BCUT2D eigenvalue weighted by molar-refractivity contribution is 6.30. The van der Waals surface area contributed by atoms with Gasteiger partial charge in [0.15, 0.2) is 0 Å². The number of halogens is 1. The second-order valence-corrected chi connectivity index (χ2v) is 8.54. The fourth-order valence-electron chi connectivity index (χ4n) is 3.17. The third-order valence-corrected chi connectivity index (χ3v) is 4.91. The molecule has 1 fully saturated rings. The number of benzene rings is 1. The van der Waals surface area contributed by atoms with Crippen molar-refractivity contribution in [3.63, 3.8) is 0 Å². The Bertz CT molecular complexity index is 791. The first-order chi connectivity index (χ1) is 12.8. The number of nitrogens with zero attached hydrogens (tertiary/aromatic N) is 3. The summed E-state index contributed by atoms with van der Waals surface area (Å²) in [5, 5.41) is 0.723. The van der Waals surface area contributed by atoms with Crippen molar-refractivity contribution in [3.8, 4) is 0 Å². The first kappa shape index (κ1) is 20.1. The Morgan fingerprint density at radius 2 is 2.04 bits per heavy atom. The summed E-state index contributed by atoms with van der Waals surface area (Å²) >= 11 is 6.17. The Labute approximate surface area is 166 Å². The van der Waals surface area contributed by atoms with Crippen LogP contribution in [0.4, 0.5) is 5.82 Å². The summed E-state index contributed by atoms with van der Waals surface area (Å²) in [5.41, 5.74) is 1.84. The van der Waals surface area contributed by atoms with Gasteiger partial charge in [-0.25, -0.2) is 9.97 Å². The summed E-state index contributed by atoms with van der Waals surface area (Å²) in [7, 11) is 1.69. The molecule has 146 valence electrons. The molecule has 0 spiro atoms. The van der Waals surface area contributed by atoms with E-state index >= 15 is 0 Å². The van der Waals surface area contributed by atoms with Crippen LogP contribution in [-0.4, -0.2) is 36.3 Å². The predicted octanol–water partition coefficient (Wildman–Crippen LogP) is 4.54. The van der Waals surface area contributed by atoms with Gasteiger partial charge in [0.2, 0.25) is 0 Å². The molecule has 1 aromatic carbocycles. The molecule has 1 saturated heterocycles. The van der Waals surface area contributed by atoms with Crippen LogP contribution in [0.25, 0.3) is 0 Å². The van der Waals surface area contributed by atoms with Crippen LogP contribution < -0.4 is 4.90 Å². The van der Waals surface area contributed by atoms with Crippen molar-refractivity contribution < 1.29 is 9.47 Å². The first-order valence-corrected chi connectivity index (χ1v) is 9.67. The molecule has 1 aromatic heterocycles. The molecule has 1 aliphatic heterocycles. The molecule has 2 aromatic rings. The van der Waals surface area contributed by atoms with Crippen LogP contribution in [-0.2, 0) is 21.5 Å². The molecule has 1 aliphatic rings. The van der Waals surface area contributed by atoms with Gasteiger partial charge in [0, 0.05) is 23.6 Å². The number of anilines is 1. The molecule has 3 rings (SSSR count). The van der Waals surface area contributed by atoms with Crippen LogP contribution in [0.3, 0.4) is 0 Å². The third kappa shape index (κ3) is 4.78. The lowest BCUT2D eigenvalue weighted by Crippen LogP contribution is -2.46. The maximum absolute atomic E-state index is 6.17. The Balaban J connectivity index is 1.94. The molecule has 27 heavy (non-hydrogen) atoms. The molecule has 0 N–H and O–H groups in total. The zero-order valence-corrected chi connectivity index (χ0v) is 17.5. The van der Waals surface area contributed by atoms with E-state index in [0.717, 1.165) is 27.9 Å². The van der Waals surface area contributed by atoms with Crippen LogP contribution in [0, 0.1) is 0 Å². The van der Waals surface area contributed by atoms with E-state index in [1.165, 1.54) is 0 Å². The SMILES string of the molecule is COCc1cc(N2CC(c3cccc(Cl)c3)OCC2C)nc(C(C)(C)C)n1. The average molecular weight is 390 g/mol. The van der Waals surface area contributed by atoms with Crippen molar-refractivity contribution in [2.75, 3.05) is 25.2 Å². The highest BCUT2D eigenvalue weighted by Gasteiger charge is 2.30. The lowest BCUT2D eigenvalue weighted by molar-refractivity contribution is 0.0212. The second kappa shape index (κ2) is 8.13. The van der Waals surface area contributed by atoms with E-state index in [9.17, 15) is 0 Å². The van der Waals surface area contributed by atoms with Gasteiger partial charge in [0.25, 0.3) is 0 Å². The number of methoxy groups -OCH3 is 1. The van der Waals surface area contributed by atoms with E-state index in [0.29, 0.717) is 19.8 Å². The summed E-state index contributed by atoms with van der Waals surface area (Å²) < 4.78 is 11.4. The van der Waals surface area contributed by atoms with Crippen molar-refractivity contribution in [3.05, 3.63) is 52.4 Å². The van der Waals surface area contributed by atoms with Crippen molar-refractivity contribution in [1.29, 1.82) is 0 Å². The van der Waals surface area contributed by atoms with E-state index in [-0.39, 0.29) is 17.6 Å². The topological polar surface area (TPSA) is 47.5 Å². The molecular formula is C21H28ClN3O2. The minimum Gasteiger partial charge on any atom is -0.378 e. The fraction of sp³-hybridized carbons (Fsp3) is 0.524. The van der Waals surface area contributed by atoms with Crippen LogP contribution in [0.1, 0.15) is 50.9 Å². The molecule has 5 nitrogen and oxygen atoms in total. The van der Waals surface area contributed by atoms with Crippen molar-refractivity contribution in [1.82, 2.24) is 9.97 Å². The van der Waals surface area contributed by atoms with E-state index in [2.05, 4.69) is 38.7 Å². The molecule has 0 amide bonds. The molecule has 2 heterocycles. The summed E-state index contributed by atoms with van der Waals surface area (Å²) in [6, 6.07) is 10.1. The number of ether oxygens (including phenoxy) is 2. The van der Waals surface area contributed by atoms with E-state index in [4.69, 9.17) is 31.0 Å². The van der Waals surface area contributed by atoms with Crippen LogP contribution in [0.5, 0.6) is 0 Å². The maximum atomic E-state index is 6.17. The summed E-state index contributed by atoms with van der Waals surface area (Å²) in [4.78, 5) is 11.9. The minimum absolute atomic E-state index is 0.0428. The van der Waals surface area contributed by atoms with Crippen LogP contribution in [0.15, 0.2) is 30.3 Å². The quantitative estimate of drug-likeness (QED) is 0.768. The van der Waals surface area contributed by atoms with E-state index in [1.807, 2.05) is 24.3 Å². The highest BCUT2D eigenvalue weighted by atomic mass is 35.5. The van der Waals surface area contributed by atoms with Gasteiger partial charge >= 0.3 is 0 Å². The monoisotopic (exact) mass is 389 g/mol. The Hall–Kier alpha value is -1.69. The standard InChI is InChI=1S/C21H28ClN3O2/c1-14-12-27-18(15-7-6-8-16(22)9-15)11-25(14)19-10-17(13-26-5)23-20(24-19)21(2,3)4/h6-10,14,18H,11-13H2,1-5H3. The molecule has 0 aliphatic carbocycles. The Kier molecular flexibility index (Phi) is 6.04. The fourth-order valence-corrected chi connectivity index (χ4v) is 3.37. The van der Waals surface area contributed by atoms with Gasteiger partial charge < -0.3 is 14.4 Å². The molecule has 2 atom stereocenters. The smallest absolute Gasteiger partial charge is 0.136 e. The van der Waals surface area contributed by atoms with Gasteiger partial charge in [-0.2, -0.15) is 0 Å². The van der Waals surface area contributed by atoms with E-state index < -0.39 is 0 Å². The van der Waals surface area contributed by atoms with Crippen molar-refractivity contribution >= 4 is 17.4 Å². The summed E-state index contributed by atoms with van der Waals surface area (Å²) in [6.45, 7) is 10.3. The van der Waals surface area contributed by atoms with Gasteiger partial charge in [0.05, 0.1) is 31.5 Å². The maximum Gasteiger partial charge on any atom is 0.136 e. The van der Waals surface area contributed by atoms with Crippen LogP contribution in [0.2, 0.25) is 5.02 Å². The van der Waals surface area contributed by atoms with Gasteiger partial charge in [-0.15, -0.1) is 0 Å². The van der Waals surface area contributed by atoms with Gasteiger partial charge in [0.1, 0.15) is 17.7 Å². The number of hydrogen-bond donors (Lipinski definition) is 0. The van der Waals surface area contributed by atoms with Crippen LogP contribution >= 0.6 is 11.6 Å². The number of morpholine rings is 1. The van der Waals surface area contributed by atoms with Gasteiger partial charge in [-0.1, -0.05) is 44.5 Å². The largest absolute Gasteiger partial charge is 0.378 e. The molecule has 2 unspecified atom stereocenters. The second-order valence-electron chi connectivity index (χ2n) is 8.10. The van der Waals surface area contributed by atoms with Gasteiger partial charge in [-0.3, -0.25) is 0 Å². The molecule has 0 radical (unpaired) electrons. The summed E-state index contributed by atoms with van der Waals surface area (Å²) in [5.74, 6) is 1.75. The van der Waals surface area contributed by atoms with Crippen molar-refractivity contribution in [2.45, 2.75) is 51.9 Å². The number of rotatable bonds is 4. The zero-order chi connectivity index (χ0) is 19.6.